The molecule has 0 spiro atoms. The van der Waals surface area contributed by atoms with Crippen LogP contribution in [0.3, 0.4) is 0 Å². The van der Waals surface area contributed by atoms with E-state index in [2.05, 4.69) is 5.32 Å². The molecule has 0 fully saturated rings. The van der Waals surface area contributed by atoms with Crippen LogP contribution in [0.2, 0.25) is 0 Å². The Balaban J connectivity index is 2.34. The van der Waals surface area contributed by atoms with E-state index >= 15 is 0 Å². The largest absolute Gasteiger partial charge is 0.504 e. The van der Waals surface area contributed by atoms with Gasteiger partial charge in [0, 0.05) is 5.69 Å². The molecule has 0 aliphatic rings. The van der Waals surface area contributed by atoms with E-state index in [1.807, 2.05) is 31.2 Å². The molecular formula is C16H18N2O3. The van der Waals surface area contributed by atoms with Crippen molar-refractivity contribution in [1.29, 1.82) is 0 Å². The third-order valence-corrected chi connectivity index (χ3v) is 3.27. The fourth-order valence-corrected chi connectivity index (χ4v) is 2.10. The average molecular weight is 286 g/mol. The smallest absolute Gasteiger partial charge is 0.244 e. The van der Waals surface area contributed by atoms with Gasteiger partial charge in [-0.25, -0.2) is 0 Å². The van der Waals surface area contributed by atoms with Crippen LogP contribution in [0.15, 0.2) is 42.5 Å². The molecule has 5 nitrogen and oxygen atoms in total. The number of methoxy groups -OCH3 is 1. The molecule has 2 aromatic rings. The highest BCUT2D eigenvalue weighted by Gasteiger charge is 2.19. The van der Waals surface area contributed by atoms with Crippen molar-refractivity contribution in [3.8, 4) is 11.5 Å². The summed E-state index contributed by atoms with van der Waals surface area (Å²) in [6.45, 7) is 1.94. The Morgan fingerprint density at radius 2 is 2.00 bits per heavy atom. The van der Waals surface area contributed by atoms with Crippen molar-refractivity contribution in [2.24, 2.45) is 5.73 Å². The summed E-state index contributed by atoms with van der Waals surface area (Å²) in [5.74, 6) is -0.214. The summed E-state index contributed by atoms with van der Waals surface area (Å²) in [7, 11) is 1.46. The van der Waals surface area contributed by atoms with Gasteiger partial charge in [-0.15, -0.1) is 0 Å². The van der Waals surface area contributed by atoms with Crippen LogP contribution in [-0.2, 0) is 4.79 Å². The van der Waals surface area contributed by atoms with Gasteiger partial charge in [0.25, 0.3) is 0 Å². The third kappa shape index (κ3) is 3.25. The molecule has 0 aliphatic carbocycles. The number of carbonyl (C=O) groups is 1. The molecular weight excluding hydrogens is 268 g/mol. The van der Waals surface area contributed by atoms with Gasteiger partial charge in [-0.2, -0.15) is 0 Å². The molecule has 0 heterocycles. The maximum Gasteiger partial charge on any atom is 0.244 e. The van der Waals surface area contributed by atoms with Crippen molar-refractivity contribution in [2.75, 3.05) is 12.4 Å². The van der Waals surface area contributed by atoms with Crippen LogP contribution < -0.4 is 15.8 Å². The molecule has 1 amide bonds. The number of hydrogen-bond donors (Lipinski definition) is 3. The molecule has 4 N–H and O–H groups in total. The second kappa shape index (κ2) is 6.17. The van der Waals surface area contributed by atoms with Crippen LogP contribution in [-0.4, -0.2) is 18.1 Å². The summed E-state index contributed by atoms with van der Waals surface area (Å²) in [6.07, 6.45) is 0. The van der Waals surface area contributed by atoms with Crippen molar-refractivity contribution in [2.45, 2.75) is 13.0 Å². The lowest BCUT2D eigenvalue weighted by atomic mass is 10.0. The standard InChI is InChI=1S/C16H18N2O3/c1-10-5-3-4-6-12(10)18-15(16(17)20)11-7-8-14(21-2)13(19)9-11/h3-9,15,18-19H,1-2H3,(H2,17,20). The number of phenols is 1. The van der Waals surface area contributed by atoms with Crippen molar-refractivity contribution < 1.29 is 14.6 Å². The quantitative estimate of drug-likeness (QED) is 0.787. The summed E-state index contributed by atoms with van der Waals surface area (Å²) in [5, 5.41) is 12.9. The van der Waals surface area contributed by atoms with Gasteiger partial charge in [0.1, 0.15) is 6.04 Å². The third-order valence-electron chi connectivity index (χ3n) is 3.27. The van der Waals surface area contributed by atoms with Gasteiger partial charge in [-0.05, 0) is 36.2 Å². The first-order valence-corrected chi connectivity index (χ1v) is 6.51. The highest BCUT2D eigenvalue weighted by atomic mass is 16.5. The Kier molecular flexibility index (Phi) is 4.33. The Labute approximate surface area is 123 Å². The zero-order valence-corrected chi connectivity index (χ0v) is 12.0. The first-order chi connectivity index (χ1) is 10.0. The summed E-state index contributed by atoms with van der Waals surface area (Å²) < 4.78 is 4.99. The Hall–Kier alpha value is -2.69. The Morgan fingerprint density at radius 1 is 1.29 bits per heavy atom. The fourth-order valence-electron chi connectivity index (χ4n) is 2.10. The van der Waals surface area contributed by atoms with E-state index < -0.39 is 11.9 Å². The van der Waals surface area contributed by atoms with Gasteiger partial charge in [0.05, 0.1) is 7.11 Å². The Morgan fingerprint density at radius 3 is 2.57 bits per heavy atom. The van der Waals surface area contributed by atoms with Crippen molar-refractivity contribution >= 4 is 11.6 Å². The summed E-state index contributed by atoms with van der Waals surface area (Å²) >= 11 is 0. The van der Waals surface area contributed by atoms with Crippen LogP contribution in [0, 0.1) is 6.92 Å². The lowest BCUT2D eigenvalue weighted by Gasteiger charge is -2.19. The number of carbonyl (C=O) groups excluding carboxylic acids is 1. The summed E-state index contributed by atoms with van der Waals surface area (Å²) in [4.78, 5) is 11.7. The predicted octanol–water partition coefficient (Wildman–Crippen LogP) is 2.35. The molecule has 2 aromatic carbocycles. The van der Waals surface area contributed by atoms with Gasteiger partial charge in [-0.1, -0.05) is 24.3 Å². The number of para-hydroxylation sites is 1. The van der Waals surface area contributed by atoms with Gasteiger partial charge >= 0.3 is 0 Å². The van der Waals surface area contributed by atoms with Gasteiger partial charge in [-0.3, -0.25) is 4.79 Å². The number of aromatic hydroxyl groups is 1. The van der Waals surface area contributed by atoms with E-state index in [0.29, 0.717) is 11.3 Å². The number of hydrogen-bond acceptors (Lipinski definition) is 4. The number of amides is 1. The zero-order valence-electron chi connectivity index (χ0n) is 12.0. The van der Waals surface area contributed by atoms with Crippen molar-refractivity contribution in [3.05, 3.63) is 53.6 Å². The van der Waals surface area contributed by atoms with E-state index in [-0.39, 0.29) is 5.75 Å². The van der Waals surface area contributed by atoms with Gasteiger partial charge < -0.3 is 20.9 Å². The normalized spacial score (nSPS) is 11.7. The van der Waals surface area contributed by atoms with Crippen LogP contribution in [0.25, 0.3) is 0 Å². The highest BCUT2D eigenvalue weighted by molar-refractivity contribution is 5.85. The molecule has 0 bridgehead atoms. The number of benzene rings is 2. The first kappa shape index (κ1) is 14.7. The SMILES string of the molecule is COc1ccc(C(Nc2ccccc2C)C(N)=O)cc1O. The van der Waals surface area contributed by atoms with E-state index in [1.54, 1.807) is 12.1 Å². The molecule has 21 heavy (non-hydrogen) atoms. The number of aryl methyl sites for hydroxylation is 1. The molecule has 0 saturated heterocycles. The van der Waals surface area contributed by atoms with Crippen LogP contribution in [0.1, 0.15) is 17.2 Å². The molecule has 0 aromatic heterocycles. The van der Waals surface area contributed by atoms with E-state index in [9.17, 15) is 9.90 Å². The lowest BCUT2D eigenvalue weighted by molar-refractivity contribution is -0.118. The number of phenolic OH excluding ortho intramolecular Hbond substituents is 1. The van der Waals surface area contributed by atoms with Gasteiger partial charge in [0.2, 0.25) is 5.91 Å². The summed E-state index contributed by atoms with van der Waals surface area (Å²) in [6, 6.07) is 11.6. The monoisotopic (exact) mass is 286 g/mol. The number of primary amides is 1. The van der Waals surface area contributed by atoms with Crippen molar-refractivity contribution in [1.82, 2.24) is 0 Å². The second-order valence-electron chi connectivity index (χ2n) is 4.73. The lowest BCUT2D eigenvalue weighted by Crippen LogP contribution is -2.28. The number of rotatable bonds is 5. The number of ether oxygens (including phenoxy) is 1. The molecule has 0 radical (unpaired) electrons. The van der Waals surface area contributed by atoms with E-state index in [0.717, 1.165) is 11.3 Å². The fraction of sp³-hybridized carbons (Fsp3) is 0.188. The molecule has 0 saturated carbocycles. The number of anilines is 1. The minimum atomic E-state index is -0.733. The molecule has 5 heteroatoms. The minimum absolute atomic E-state index is 0.0344. The van der Waals surface area contributed by atoms with Crippen LogP contribution in [0.5, 0.6) is 11.5 Å². The minimum Gasteiger partial charge on any atom is -0.504 e. The molecule has 1 unspecified atom stereocenters. The number of nitrogens with two attached hydrogens (primary N) is 1. The molecule has 1 atom stereocenters. The zero-order chi connectivity index (χ0) is 15.4. The van der Waals surface area contributed by atoms with Crippen molar-refractivity contribution in [3.63, 3.8) is 0 Å². The maximum atomic E-state index is 11.7. The van der Waals surface area contributed by atoms with Gasteiger partial charge in [0.15, 0.2) is 11.5 Å². The van der Waals surface area contributed by atoms with E-state index in [1.165, 1.54) is 13.2 Å². The number of nitrogens with one attached hydrogen (secondary N) is 1. The molecule has 0 aliphatic heterocycles. The molecule has 2 rings (SSSR count). The maximum absolute atomic E-state index is 11.7. The van der Waals surface area contributed by atoms with Crippen LogP contribution >= 0.6 is 0 Å². The second-order valence-corrected chi connectivity index (χ2v) is 4.73. The van der Waals surface area contributed by atoms with Crippen LogP contribution in [0.4, 0.5) is 5.69 Å². The predicted molar refractivity (Wildman–Crippen MR) is 81.4 cm³/mol. The average Bonchev–Trinajstić information content (AvgIpc) is 2.46. The molecule has 110 valence electrons. The highest BCUT2D eigenvalue weighted by Crippen LogP contribution is 2.30. The summed E-state index contributed by atoms with van der Waals surface area (Å²) in [5.41, 5.74) is 7.86. The topological polar surface area (TPSA) is 84.6 Å². The Bertz CT molecular complexity index is 656. The first-order valence-electron chi connectivity index (χ1n) is 6.51. The van der Waals surface area contributed by atoms with E-state index in [4.69, 9.17) is 10.5 Å².